The van der Waals surface area contributed by atoms with Crippen LogP contribution in [0, 0.1) is 5.92 Å². The highest BCUT2D eigenvalue weighted by Crippen LogP contribution is 2.38. The number of nitrogens with one attached hydrogen (secondary N) is 2. The Labute approximate surface area is 149 Å². The van der Waals surface area contributed by atoms with Gasteiger partial charge in [0, 0.05) is 24.5 Å². The van der Waals surface area contributed by atoms with Gasteiger partial charge in [-0.2, -0.15) is 0 Å². The van der Waals surface area contributed by atoms with E-state index in [-0.39, 0.29) is 24.4 Å². The summed E-state index contributed by atoms with van der Waals surface area (Å²) in [6.45, 7) is 6.67. The zero-order chi connectivity index (χ0) is 16.2. The van der Waals surface area contributed by atoms with E-state index in [9.17, 15) is 4.79 Å². The van der Waals surface area contributed by atoms with Crippen molar-refractivity contribution >= 4 is 24.0 Å². The number of fused-ring (bicyclic) bond motifs is 1. The summed E-state index contributed by atoms with van der Waals surface area (Å²) in [6, 6.07) is 3.90. The van der Waals surface area contributed by atoms with E-state index < -0.39 is 0 Å². The van der Waals surface area contributed by atoms with Gasteiger partial charge in [0.25, 0.3) is 0 Å². The maximum absolute atomic E-state index is 12.3. The summed E-state index contributed by atoms with van der Waals surface area (Å²) in [5, 5.41) is 6.34. The molecular formula is C18H27ClN2O3. The highest BCUT2D eigenvalue weighted by molar-refractivity contribution is 5.92. The van der Waals surface area contributed by atoms with Crippen LogP contribution in [-0.2, 0) is 11.2 Å². The van der Waals surface area contributed by atoms with Crippen LogP contribution in [0.5, 0.6) is 11.5 Å². The van der Waals surface area contributed by atoms with E-state index in [4.69, 9.17) is 9.47 Å². The van der Waals surface area contributed by atoms with Crippen LogP contribution in [0.1, 0.15) is 38.7 Å². The number of anilines is 1. The molecule has 0 aliphatic carbocycles. The van der Waals surface area contributed by atoms with Crippen molar-refractivity contribution in [3.63, 3.8) is 0 Å². The fraction of sp³-hybridized carbons (Fsp3) is 0.611. The predicted octanol–water partition coefficient (Wildman–Crippen LogP) is 3.16. The van der Waals surface area contributed by atoms with Gasteiger partial charge in [-0.3, -0.25) is 4.79 Å². The monoisotopic (exact) mass is 354 g/mol. The Hall–Kier alpha value is -1.46. The number of amides is 1. The molecule has 3 rings (SSSR count). The van der Waals surface area contributed by atoms with Crippen molar-refractivity contribution in [1.29, 1.82) is 0 Å². The Morgan fingerprint density at radius 3 is 3.00 bits per heavy atom. The van der Waals surface area contributed by atoms with Gasteiger partial charge in [-0.05, 0) is 51.8 Å². The van der Waals surface area contributed by atoms with E-state index in [1.165, 1.54) is 6.42 Å². The first-order valence-corrected chi connectivity index (χ1v) is 8.62. The first kappa shape index (κ1) is 18.9. The fourth-order valence-electron chi connectivity index (χ4n) is 3.32. The smallest absolute Gasteiger partial charge is 0.224 e. The van der Waals surface area contributed by atoms with Crippen molar-refractivity contribution in [1.82, 2.24) is 5.32 Å². The van der Waals surface area contributed by atoms with Gasteiger partial charge in [-0.25, -0.2) is 0 Å². The number of carbonyl (C=O) groups is 1. The second kappa shape index (κ2) is 8.58. The molecule has 1 fully saturated rings. The Morgan fingerprint density at radius 1 is 1.46 bits per heavy atom. The van der Waals surface area contributed by atoms with Crippen LogP contribution >= 0.6 is 12.4 Å². The Bertz CT molecular complexity index is 574. The third-order valence-corrected chi connectivity index (χ3v) is 4.51. The summed E-state index contributed by atoms with van der Waals surface area (Å²) in [5.74, 6) is 2.26. The summed E-state index contributed by atoms with van der Waals surface area (Å²) < 4.78 is 11.5. The van der Waals surface area contributed by atoms with E-state index in [0.29, 0.717) is 24.6 Å². The number of ether oxygens (including phenoxy) is 2. The quantitative estimate of drug-likeness (QED) is 0.823. The average molecular weight is 355 g/mol. The molecule has 0 bridgehead atoms. The number of benzene rings is 1. The number of rotatable bonds is 6. The third-order valence-electron chi connectivity index (χ3n) is 4.51. The SMILES string of the molecule is CCOc1cc2c(cc1NC(=O)CCC1CCNC1)OC(C)C2.Cl. The van der Waals surface area contributed by atoms with Crippen molar-refractivity contribution in [3.05, 3.63) is 17.7 Å². The molecule has 2 heterocycles. The number of hydrogen-bond donors (Lipinski definition) is 2. The lowest BCUT2D eigenvalue weighted by molar-refractivity contribution is -0.116. The molecule has 0 spiro atoms. The van der Waals surface area contributed by atoms with Gasteiger partial charge in [-0.15, -0.1) is 12.4 Å². The van der Waals surface area contributed by atoms with Gasteiger partial charge in [0.1, 0.15) is 17.6 Å². The van der Waals surface area contributed by atoms with Gasteiger partial charge >= 0.3 is 0 Å². The van der Waals surface area contributed by atoms with Crippen LogP contribution < -0.4 is 20.1 Å². The van der Waals surface area contributed by atoms with Crippen LogP contribution in [-0.4, -0.2) is 31.7 Å². The number of carbonyl (C=O) groups excluding carboxylic acids is 1. The first-order chi connectivity index (χ1) is 11.2. The topological polar surface area (TPSA) is 59.6 Å². The minimum Gasteiger partial charge on any atom is -0.492 e. The molecule has 2 atom stereocenters. The zero-order valence-electron chi connectivity index (χ0n) is 14.4. The summed E-state index contributed by atoms with van der Waals surface area (Å²) in [6.07, 6.45) is 3.72. The average Bonchev–Trinajstić information content (AvgIpc) is 3.14. The number of hydrogen-bond acceptors (Lipinski definition) is 4. The summed E-state index contributed by atoms with van der Waals surface area (Å²) in [4.78, 5) is 12.3. The molecule has 1 saturated heterocycles. The highest BCUT2D eigenvalue weighted by atomic mass is 35.5. The third kappa shape index (κ3) is 4.54. The van der Waals surface area contributed by atoms with Crippen LogP contribution in [0.15, 0.2) is 12.1 Å². The van der Waals surface area contributed by atoms with Crippen molar-refractivity contribution in [2.45, 2.75) is 45.6 Å². The molecule has 2 aliphatic rings. The van der Waals surface area contributed by atoms with Crippen LogP contribution in [0.25, 0.3) is 0 Å². The molecule has 1 aromatic rings. The van der Waals surface area contributed by atoms with E-state index in [0.717, 1.165) is 43.0 Å². The molecule has 1 aromatic carbocycles. The fourth-order valence-corrected chi connectivity index (χ4v) is 3.32. The Balaban J connectivity index is 0.00000208. The van der Waals surface area contributed by atoms with Crippen molar-refractivity contribution in [2.24, 2.45) is 5.92 Å². The summed E-state index contributed by atoms with van der Waals surface area (Å²) in [7, 11) is 0. The molecule has 0 saturated carbocycles. The largest absolute Gasteiger partial charge is 0.492 e. The van der Waals surface area contributed by atoms with Crippen LogP contribution in [0.2, 0.25) is 0 Å². The molecule has 2 aliphatic heterocycles. The molecule has 5 nitrogen and oxygen atoms in total. The second-order valence-electron chi connectivity index (χ2n) is 6.47. The van der Waals surface area contributed by atoms with Gasteiger partial charge in [-0.1, -0.05) is 0 Å². The van der Waals surface area contributed by atoms with E-state index in [1.807, 2.05) is 26.0 Å². The second-order valence-corrected chi connectivity index (χ2v) is 6.47. The summed E-state index contributed by atoms with van der Waals surface area (Å²) >= 11 is 0. The molecule has 2 N–H and O–H groups in total. The maximum Gasteiger partial charge on any atom is 0.224 e. The van der Waals surface area contributed by atoms with Gasteiger partial charge in [0.15, 0.2) is 0 Å². The minimum atomic E-state index is 0. The van der Waals surface area contributed by atoms with Gasteiger partial charge < -0.3 is 20.1 Å². The van der Waals surface area contributed by atoms with Crippen molar-refractivity contribution < 1.29 is 14.3 Å². The first-order valence-electron chi connectivity index (χ1n) is 8.62. The Morgan fingerprint density at radius 2 is 2.29 bits per heavy atom. The van der Waals surface area contributed by atoms with Crippen LogP contribution in [0.4, 0.5) is 5.69 Å². The van der Waals surface area contributed by atoms with Crippen molar-refractivity contribution in [3.8, 4) is 11.5 Å². The van der Waals surface area contributed by atoms with Gasteiger partial charge in [0.2, 0.25) is 5.91 Å². The lowest BCUT2D eigenvalue weighted by Crippen LogP contribution is -2.15. The van der Waals surface area contributed by atoms with E-state index in [1.54, 1.807) is 0 Å². The van der Waals surface area contributed by atoms with E-state index >= 15 is 0 Å². The maximum atomic E-state index is 12.3. The van der Waals surface area contributed by atoms with Crippen molar-refractivity contribution in [2.75, 3.05) is 25.0 Å². The standard InChI is InChI=1S/C18H26N2O3.ClH/c1-3-22-17-9-14-8-12(2)23-16(14)10-15(17)20-18(21)5-4-13-6-7-19-11-13;/h9-10,12-13,19H,3-8,11H2,1-2H3,(H,20,21);1H. The Kier molecular flexibility index (Phi) is 6.75. The zero-order valence-corrected chi connectivity index (χ0v) is 15.2. The lowest BCUT2D eigenvalue weighted by Gasteiger charge is -2.14. The molecule has 0 aromatic heterocycles. The highest BCUT2D eigenvalue weighted by Gasteiger charge is 2.23. The number of halogens is 1. The van der Waals surface area contributed by atoms with E-state index in [2.05, 4.69) is 10.6 Å². The minimum absolute atomic E-state index is 0. The molecule has 0 radical (unpaired) electrons. The molecule has 134 valence electrons. The normalized spacial score (nSPS) is 21.6. The molecular weight excluding hydrogens is 328 g/mol. The lowest BCUT2D eigenvalue weighted by atomic mass is 10.0. The molecule has 1 amide bonds. The molecule has 2 unspecified atom stereocenters. The van der Waals surface area contributed by atoms with Crippen LogP contribution in [0.3, 0.4) is 0 Å². The van der Waals surface area contributed by atoms with Gasteiger partial charge in [0.05, 0.1) is 12.3 Å². The predicted molar refractivity (Wildman–Crippen MR) is 97.5 cm³/mol. The molecule has 24 heavy (non-hydrogen) atoms. The summed E-state index contributed by atoms with van der Waals surface area (Å²) in [5.41, 5.74) is 1.87. The molecule has 6 heteroatoms.